The van der Waals surface area contributed by atoms with E-state index in [1.165, 1.54) is 13.3 Å². The second-order valence-corrected chi connectivity index (χ2v) is 6.14. The van der Waals surface area contributed by atoms with Gasteiger partial charge in [-0.05, 0) is 37.1 Å². The number of benzene rings is 1. The molecule has 2 rings (SSSR count). The minimum atomic E-state index is -0.198. The Labute approximate surface area is 142 Å². The van der Waals surface area contributed by atoms with E-state index in [-0.39, 0.29) is 23.6 Å². The topological polar surface area (TPSA) is 87.3 Å². The number of carbonyl (C=O) groups excluding carboxylic acids is 3. The SMILES string of the molecule is CC(=O)Nc1ccc(C(=O)NCCNC(=O)C2CCCCC2)cc1. The van der Waals surface area contributed by atoms with Crippen molar-refractivity contribution >= 4 is 23.4 Å². The summed E-state index contributed by atoms with van der Waals surface area (Å²) in [4.78, 5) is 34.9. The predicted molar refractivity (Wildman–Crippen MR) is 92.7 cm³/mol. The Kier molecular flexibility index (Phi) is 6.78. The lowest BCUT2D eigenvalue weighted by molar-refractivity contribution is -0.125. The maximum Gasteiger partial charge on any atom is 0.251 e. The average Bonchev–Trinajstić information content (AvgIpc) is 2.59. The summed E-state index contributed by atoms with van der Waals surface area (Å²) in [6.07, 6.45) is 5.42. The molecule has 0 aliphatic heterocycles. The zero-order valence-electron chi connectivity index (χ0n) is 14.1. The first-order chi connectivity index (χ1) is 11.6. The summed E-state index contributed by atoms with van der Waals surface area (Å²) in [6, 6.07) is 6.67. The molecule has 0 bridgehead atoms. The number of amides is 3. The molecule has 0 spiro atoms. The van der Waals surface area contributed by atoms with E-state index in [2.05, 4.69) is 16.0 Å². The molecule has 24 heavy (non-hydrogen) atoms. The normalized spacial score (nSPS) is 14.7. The molecule has 0 saturated heterocycles. The summed E-state index contributed by atoms with van der Waals surface area (Å²) in [5.41, 5.74) is 1.17. The van der Waals surface area contributed by atoms with Crippen LogP contribution in [0, 0.1) is 5.92 Å². The van der Waals surface area contributed by atoms with Crippen LogP contribution in [0.3, 0.4) is 0 Å². The second-order valence-electron chi connectivity index (χ2n) is 6.14. The van der Waals surface area contributed by atoms with Crippen LogP contribution in [0.15, 0.2) is 24.3 Å². The minimum Gasteiger partial charge on any atom is -0.354 e. The molecule has 1 aliphatic rings. The van der Waals surface area contributed by atoms with Crippen LogP contribution in [-0.4, -0.2) is 30.8 Å². The molecular formula is C18H25N3O3. The molecule has 1 aromatic rings. The molecule has 1 fully saturated rings. The van der Waals surface area contributed by atoms with Gasteiger partial charge in [-0.3, -0.25) is 14.4 Å². The van der Waals surface area contributed by atoms with E-state index >= 15 is 0 Å². The summed E-state index contributed by atoms with van der Waals surface area (Å²) >= 11 is 0. The lowest BCUT2D eigenvalue weighted by Gasteiger charge is -2.20. The second kappa shape index (κ2) is 9.05. The first-order valence-corrected chi connectivity index (χ1v) is 8.50. The number of carbonyl (C=O) groups is 3. The Balaban J connectivity index is 1.69. The highest BCUT2D eigenvalue weighted by molar-refractivity contribution is 5.95. The van der Waals surface area contributed by atoms with Crippen molar-refractivity contribution in [2.24, 2.45) is 5.92 Å². The van der Waals surface area contributed by atoms with Crippen LogP contribution in [0.2, 0.25) is 0 Å². The Morgan fingerprint density at radius 1 is 0.958 bits per heavy atom. The largest absolute Gasteiger partial charge is 0.354 e. The van der Waals surface area contributed by atoms with Gasteiger partial charge in [0.2, 0.25) is 11.8 Å². The van der Waals surface area contributed by atoms with E-state index in [0.29, 0.717) is 24.3 Å². The molecule has 1 aliphatic carbocycles. The molecule has 130 valence electrons. The summed E-state index contributed by atoms with van der Waals surface area (Å²) in [7, 11) is 0. The van der Waals surface area contributed by atoms with Gasteiger partial charge in [0, 0.05) is 37.2 Å². The fraction of sp³-hybridized carbons (Fsp3) is 0.500. The minimum absolute atomic E-state index is 0.101. The smallest absolute Gasteiger partial charge is 0.251 e. The zero-order valence-corrected chi connectivity index (χ0v) is 14.1. The lowest BCUT2D eigenvalue weighted by atomic mass is 9.89. The molecular weight excluding hydrogens is 306 g/mol. The standard InChI is InChI=1S/C18H25N3O3/c1-13(22)21-16-9-7-15(8-10-16)18(24)20-12-11-19-17(23)14-5-3-2-4-6-14/h7-10,14H,2-6,11-12H2,1H3,(H,19,23)(H,20,24)(H,21,22). The summed E-state index contributed by atoms with van der Waals surface area (Å²) in [5.74, 6) is -0.114. The van der Waals surface area contributed by atoms with Gasteiger partial charge in [0.15, 0.2) is 0 Å². The van der Waals surface area contributed by atoms with E-state index in [1.54, 1.807) is 24.3 Å². The van der Waals surface area contributed by atoms with Crippen LogP contribution in [0.5, 0.6) is 0 Å². The van der Waals surface area contributed by atoms with Gasteiger partial charge in [-0.25, -0.2) is 0 Å². The van der Waals surface area contributed by atoms with Gasteiger partial charge < -0.3 is 16.0 Å². The van der Waals surface area contributed by atoms with Crippen molar-refractivity contribution in [3.8, 4) is 0 Å². The molecule has 6 nitrogen and oxygen atoms in total. The van der Waals surface area contributed by atoms with E-state index in [0.717, 1.165) is 25.7 Å². The van der Waals surface area contributed by atoms with E-state index < -0.39 is 0 Å². The Morgan fingerprint density at radius 3 is 2.21 bits per heavy atom. The zero-order chi connectivity index (χ0) is 17.4. The van der Waals surface area contributed by atoms with Crippen LogP contribution < -0.4 is 16.0 Å². The molecule has 0 heterocycles. The Hall–Kier alpha value is -2.37. The van der Waals surface area contributed by atoms with Gasteiger partial charge in [0.25, 0.3) is 5.91 Å². The van der Waals surface area contributed by atoms with Gasteiger partial charge >= 0.3 is 0 Å². The maximum absolute atomic E-state index is 12.0. The van der Waals surface area contributed by atoms with Crippen LogP contribution >= 0.6 is 0 Å². The number of rotatable bonds is 6. The van der Waals surface area contributed by atoms with E-state index in [1.807, 2.05) is 0 Å². The van der Waals surface area contributed by atoms with Gasteiger partial charge in [-0.2, -0.15) is 0 Å². The van der Waals surface area contributed by atoms with Gasteiger partial charge in [-0.1, -0.05) is 19.3 Å². The van der Waals surface area contributed by atoms with Crippen LogP contribution in [-0.2, 0) is 9.59 Å². The van der Waals surface area contributed by atoms with Crippen LogP contribution in [0.25, 0.3) is 0 Å². The molecule has 0 radical (unpaired) electrons. The van der Waals surface area contributed by atoms with Crippen molar-refractivity contribution in [3.63, 3.8) is 0 Å². The highest BCUT2D eigenvalue weighted by Crippen LogP contribution is 2.23. The highest BCUT2D eigenvalue weighted by Gasteiger charge is 2.20. The Bertz CT molecular complexity index is 578. The van der Waals surface area contributed by atoms with Crippen molar-refractivity contribution in [1.82, 2.24) is 10.6 Å². The fourth-order valence-electron chi connectivity index (χ4n) is 2.88. The number of anilines is 1. The van der Waals surface area contributed by atoms with Gasteiger partial charge in [0.05, 0.1) is 0 Å². The molecule has 6 heteroatoms. The number of nitrogens with one attached hydrogen (secondary N) is 3. The van der Waals surface area contributed by atoms with Crippen LogP contribution in [0.4, 0.5) is 5.69 Å². The van der Waals surface area contributed by atoms with E-state index in [4.69, 9.17) is 0 Å². The lowest BCUT2D eigenvalue weighted by Crippen LogP contribution is -2.38. The number of hydrogen-bond donors (Lipinski definition) is 3. The van der Waals surface area contributed by atoms with Crippen molar-refractivity contribution in [3.05, 3.63) is 29.8 Å². The van der Waals surface area contributed by atoms with Gasteiger partial charge in [0.1, 0.15) is 0 Å². The highest BCUT2D eigenvalue weighted by atomic mass is 16.2. The van der Waals surface area contributed by atoms with Crippen molar-refractivity contribution < 1.29 is 14.4 Å². The average molecular weight is 331 g/mol. The quantitative estimate of drug-likeness (QED) is 0.697. The van der Waals surface area contributed by atoms with Crippen molar-refractivity contribution in [1.29, 1.82) is 0 Å². The third kappa shape index (κ3) is 5.68. The van der Waals surface area contributed by atoms with Crippen molar-refractivity contribution in [2.75, 3.05) is 18.4 Å². The molecule has 0 atom stereocenters. The first kappa shape index (κ1) is 18.0. The summed E-state index contributed by atoms with van der Waals surface area (Å²) in [5, 5.41) is 8.31. The first-order valence-electron chi connectivity index (χ1n) is 8.50. The molecule has 0 unspecified atom stereocenters. The van der Waals surface area contributed by atoms with Crippen LogP contribution in [0.1, 0.15) is 49.4 Å². The fourth-order valence-corrected chi connectivity index (χ4v) is 2.88. The number of hydrogen-bond acceptors (Lipinski definition) is 3. The third-order valence-corrected chi connectivity index (χ3v) is 4.15. The predicted octanol–water partition coefficient (Wildman–Crippen LogP) is 2.07. The summed E-state index contributed by atoms with van der Waals surface area (Å²) < 4.78 is 0. The summed E-state index contributed by atoms with van der Waals surface area (Å²) in [6.45, 7) is 2.26. The third-order valence-electron chi connectivity index (χ3n) is 4.15. The van der Waals surface area contributed by atoms with Crippen molar-refractivity contribution in [2.45, 2.75) is 39.0 Å². The van der Waals surface area contributed by atoms with Gasteiger partial charge in [-0.15, -0.1) is 0 Å². The molecule has 3 N–H and O–H groups in total. The molecule has 1 saturated carbocycles. The monoisotopic (exact) mass is 331 g/mol. The molecule has 1 aromatic carbocycles. The maximum atomic E-state index is 12.0. The Morgan fingerprint density at radius 2 is 1.58 bits per heavy atom. The molecule has 0 aromatic heterocycles. The molecule has 3 amide bonds. The van der Waals surface area contributed by atoms with E-state index in [9.17, 15) is 14.4 Å².